The Bertz CT molecular complexity index is 466. The van der Waals surface area contributed by atoms with Gasteiger partial charge < -0.3 is 5.32 Å². The number of nitrogens with zero attached hydrogens (tertiary/aromatic N) is 3. The van der Waals surface area contributed by atoms with Crippen LogP contribution in [0.2, 0.25) is 5.28 Å². The second kappa shape index (κ2) is 7.38. The lowest BCUT2D eigenvalue weighted by atomic mass is 9.87. The first-order valence-corrected chi connectivity index (χ1v) is 7.14. The Balaban J connectivity index is 2.68. The van der Waals surface area contributed by atoms with E-state index in [0.717, 1.165) is 19.0 Å². The van der Waals surface area contributed by atoms with Crippen molar-refractivity contribution in [1.82, 2.24) is 9.97 Å². The zero-order valence-electron chi connectivity index (χ0n) is 12.1. The maximum absolute atomic E-state index is 10.9. The fourth-order valence-electron chi connectivity index (χ4n) is 1.88. The fraction of sp³-hybridized carbons (Fsp3) is 0.692. The van der Waals surface area contributed by atoms with Gasteiger partial charge in [0.1, 0.15) is 6.20 Å². The van der Waals surface area contributed by atoms with Gasteiger partial charge in [0.15, 0.2) is 0 Å². The molecule has 0 aliphatic carbocycles. The smallest absolute Gasteiger partial charge is 0.329 e. The molecule has 1 aromatic rings. The van der Waals surface area contributed by atoms with Crippen LogP contribution in [0.15, 0.2) is 6.20 Å². The Morgan fingerprint density at radius 2 is 2.15 bits per heavy atom. The standard InChI is InChI=1S/C13H21ClN4O2/c1-4-5-6-7-13(2,3)9-16-11-10(18(19)20)8-15-12(14)17-11/h8H,4-7,9H2,1-3H3,(H,15,16,17). The van der Waals surface area contributed by atoms with Gasteiger partial charge in [-0.3, -0.25) is 10.1 Å². The summed E-state index contributed by atoms with van der Waals surface area (Å²) >= 11 is 5.69. The van der Waals surface area contributed by atoms with E-state index in [4.69, 9.17) is 11.6 Å². The van der Waals surface area contributed by atoms with E-state index in [0.29, 0.717) is 6.54 Å². The zero-order valence-corrected chi connectivity index (χ0v) is 12.9. The van der Waals surface area contributed by atoms with E-state index in [1.54, 1.807) is 0 Å². The van der Waals surface area contributed by atoms with Gasteiger partial charge in [-0.2, -0.15) is 4.98 Å². The van der Waals surface area contributed by atoms with Gasteiger partial charge in [0.25, 0.3) is 0 Å². The monoisotopic (exact) mass is 300 g/mol. The van der Waals surface area contributed by atoms with Crippen LogP contribution in [0.1, 0.15) is 46.5 Å². The summed E-state index contributed by atoms with van der Waals surface area (Å²) in [5.74, 6) is 0.179. The highest BCUT2D eigenvalue weighted by Gasteiger charge is 2.21. The lowest BCUT2D eigenvalue weighted by Crippen LogP contribution is -2.24. The van der Waals surface area contributed by atoms with Gasteiger partial charge >= 0.3 is 5.69 Å². The summed E-state index contributed by atoms with van der Waals surface area (Å²) in [5.41, 5.74) is -0.112. The van der Waals surface area contributed by atoms with Gasteiger partial charge in [-0.05, 0) is 23.4 Å². The summed E-state index contributed by atoms with van der Waals surface area (Å²) < 4.78 is 0. The number of aromatic nitrogens is 2. The van der Waals surface area contributed by atoms with Crippen LogP contribution >= 0.6 is 11.6 Å². The number of nitro groups is 1. The molecule has 0 bridgehead atoms. The maximum atomic E-state index is 10.9. The highest BCUT2D eigenvalue weighted by molar-refractivity contribution is 6.28. The van der Waals surface area contributed by atoms with Crippen molar-refractivity contribution in [2.45, 2.75) is 46.5 Å². The molecule has 0 aliphatic heterocycles. The Kier molecular flexibility index (Phi) is 6.13. The van der Waals surface area contributed by atoms with Crippen LogP contribution in [0.4, 0.5) is 11.5 Å². The number of nitrogens with one attached hydrogen (secondary N) is 1. The van der Waals surface area contributed by atoms with Gasteiger partial charge in [0.2, 0.25) is 11.1 Å². The topological polar surface area (TPSA) is 81.0 Å². The number of hydrogen-bond acceptors (Lipinski definition) is 5. The number of rotatable bonds is 8. The van der Waals surface area contributed by atoms with Crippen molar-refractivity contribution < 1.29 is 4.92 Å². The van der Waals surface area contributed by atoms with Gasteiger partial charge in [0.05, 0.1) is 4.92 Å². The van der Waals surface area contributed by atoms with Crippen LogP contribution in [-0.2, 0) is 0 Å². The molecule has 0 amide bonds. The summed E-state index contributed by atoms with van der Waals surface area (Å²) in [6.45, 7) is 7.02. The van der Waals surface area contributed by atoms with Crippen LogP contribution in [0.25, 0.3) is 0 Å². The molecular formula is C13H21ClN4O2. The zero-order chi connectivity index (χ0) is 15.2. The Morgan fingerprint density at radius 1 is 1.45 bits per heavy atom. The first kappa shape index (κ1) is 16.6. The average Bonchev–Trinajstić information content (AvgIpc) is 2.36. The van der Waals surface area contributed by atoms with Crippen molar-refractivity contribution in [1.29, 1.82) is 0 Å². The second-order valence-electron chi connectivity index (χ2n) is 5.60. The van der Waals surface area contributed by atoms with Gasteiger partial charge in [0, 0.05) is 6.54 Å². The van der Waals surface area contributed by atoms with E-state index in [-0.39, 0.29) is 22.2 Å². The van der Waals surface area contributed by atoms with Crippen LogP contribution < -0.4 is 5.32 Å². The molecule has 0 spiro atoms. The fourth-order valence-corrected chi connectivity index (χ4v) is 2.02. The minimum absolute atomic E-state index is 0.00175. The molecule has 6 nitrogen and oxygen atoms in total. The molecular weight excluding hydrogens is 280 g/mol. The third kappa shape index (κ3) is 5.28. The quantitative estimate of drug-likeness (QED) is 0.339. The van der Waals surface area contributed by atoms with Crippen molar-refractivity contribution in [3.05, 3.63) is 21.6 Å². The average molecular weight is 301 g/mol. The van der Waals surface area contributed by atoms with Crippen LogP contribution in [0.5, 0.6) is 0 Å². The van der Waals surface area contributed by atoms with Crippen LogP contribution in [-0.4, -0.2) is 21.4 Å². The summed E-state index contributed by atoms with van der Waals surface area (Å²) in [5, 5.41) is 13.9. The molecule has 7 heteroatoms. The Labute approximate surface area is 124 Å². The van der Waals surface area contributed by atoms with E-state index in [9.17, 15) is 10.1 Å². The summed E-state index contributed by atoms with van der Waals surface area (Å²) in [4.78, 5) is 17.9. The molecule has 1 N–H and O–H groups in total. The number of hydrogen-bond donors (Lipinski definition) is 1. The van der Waals surface area contributed by atoms with E-state index in [1.165, 1.54) is 12.8 Å². The Morgan fingerprint density at radius 3 is 2.75 bits per heavy atom. The molecule has 0 aliphatic rings. The third-order valence-corrected chi connectivity index (χ3v) is 3.31. The minimum Gasteiger partial charge on any atom is -0.364 e. The summed E-state index contributed by atoms with van der Waals surface area (Å²) in [6, 6.07) is 0. The lowest BCUT2D eigenvalue weighted by molar-refractivity contribution is -0.384. The van der Waals surface area contributed by atoms with Gasteiger partial charge in [-0.25, -0.2) is 4.98 Å². The van der Waals surface area contributed by atoms with Crippen molar-refractivity contribution >= 4 is 23.1 Å². The minimum atomic E-state index is -0.511. The molecule has 0 saturated carbocycles. The highest BCUT2D eigenvalue weighted by Crippen LogP contribution is 2.27. The second-order valence-corrected chi connectivity index (χ2v) is 5.94. The van der Waals surface area contributed by atoms with E-state index in [2.05, 4.69) is 36.1 Å². The molecule has 1 heterocycles. The molecule has 20 heavy (non-hydrogen) atoms. The molecule has 1 rings (SSSR count). The van der Waals surface area contributed by atoms with Crippen molar-refractivity contribution in [2.24, 2.45) is 5.41 Å². The number of halogens is 1. The van der Waals surface area contributed by atoms with Crippen molar-refractivity contribution in [3.63, 3.8) is 0 Å². The van der Waals surface area contributed by atoms with Crippen molar-refractivity contribution in [2.75, 3.05) is 11.9 Å². The molecule has 0 atom stereocenters. The van der Waals surface area contributed by atoms with Gasteiger partial charge in [-0.1, -0.05) is 40.0 Å². The SMILES string of the molecule is CCCCCC(C)(C)CNc1nc(Cl)ncc1[N+](=O)[O-]. The van der Waals surface area contributed by atoms with Crippen LogP contribution in [0.3, 0.4) is 0 Å². The first-order chi connectivity index (χ1) is 9.35. The van der Waals surface area contributed by atoms with E-state index >= 15 is 0 Å². The van der Waals surface area contributed by atoms with Crippen molar-refractivity contribution in [3.8, 4) is 0 Å². The first-order valence-electron chi connectivity index (χ1n) is 6.76. The molecule has 1 aromatic heterocycles. The maximum Gasteiger partial charge on any atom is 0.329 e. The predicted octanol–water partition coefficient (Wildman–Crippen LogP) is 4.06. The molecule has 112 valence electrons. The molecule has 0 unspecified atom stereocenters. The normalized spacial score (nSPS) is 11.4. The largest absolute Gasteiger partial charge is 0.364 e. The number of unbranched alkanes of at least 4 members (excludes halogenated alkanes) is 2. The highest BCUT2D eigenvalue weighted by atomic mass is 35.5. The Hall–Kier alpha value is -1.43. The molecule has 0 aromatic carbocycles. The number of anilines is 1. The van der Waals surface area contributed by atoms with E-state index in [1.807, 2.05) is 0 Å². The van der Waals surface area contributed by atoms with E-state index < -0.39 is 4.92 Å². The van der Waals surface area contributed by atoms with Crippen LogP contribution in [0, 0.1) is 15.5 Å². The molecule has 0 saturated heterocycles. The predicted molar refractivity (Wildman–Crippen MR) is 80.1 cm³/mol. The molecule has 0 fully saturated rings. The summed E-state index contributed by atoms with van der Waals surface area (Å²) in [6.07, 6.45) is 5.71. The van der Waals surface area contributed by atoms with Gasteiger partial charge in [-0.15, -0.1) is 0 Å². The lowest BCUT2D eigenvalue weighted by Gasteiger charge is -2.25. The summed E-state index contributed by atoms with van der Waals surface area (Å²) in [7, 11) is 0. The third-order valence-electron chi connectivity index (χ3n) is 3.13. The molecule has 0 radical (unpaired) electrons.